The molecule has 2 aromatic rings. The molecule has 0 saturated heterocycles. The standard InChI is InChI=1S/C13H18ClN7O2/c1-13(2,3)23-12(22)16-7-6-15-10-18-9(14)19-11(20-10)21-8-4-5-17-21/h4-5,8H,6-7H2,1-3H3,(H,16,22)(H,15,18,19,20). The van der Waals surface area contributed by atoms with Gasteiger partial charge in [-0.3, -0.25) is 0 Å². The predicted octanol–water partition coefficient (Wildman–Crippen LogP) is 1.65. The molecule has 0 aliphatic rings. The first-order valence-corrected chi connectivity index (χ1v) is 7.33. The van der Waals surface area contributed by atoms with Crippen LogP contribution in [0.15, 0.2) is 18.5 Å². The zero-order valence-electron chi connectivity index (χ0n) is 13.1. The summed E-state index contributed by atoms with van der Waals surface area (Å²) in [6.45, 7) is 6.14. The largest absolute Gasteiger partial charge is 0.444 e. The van der Waals surface area contributed by atoms with E-state index in [-0.39, 0.29) is 5.28 Å². The molecule has 0 radical (unpaired) electrons. The molecule has 2 N–H and O–H groups in total. The van der Waals surface area contributed by atoms with Gasteiger partial charge in [-0.1, -0.05) is 0 Å². The van der Waals surface area contributed by atoms with E-state index in [0.717, 1.165) is 0 Å². The molecular weight excluding hydrogens is 322 g/mol. The third-order valence-electron chi connectivity index (χ3n) is 2.38. The van der Waals surface area contributed by atoms with Crippen LogP contribution in [-0.2, 0) is 4.74 Å². The van der Waals surface area contributed by atoms with E-state index in [1.54, 1.807) is 39.2 Å². The van der Waals surface area contributed by atoms with Gasteiger partial charge in [0.1, 0.15) is 5.60 Å². The number of halogens is 1. The minimum atomic E-state index is -0.530. The number of nitrogens with zero attached hydrogens (tertiary/aromatic N) is 5. The van der Waals surface area contributed by atoms with Gasteiger partial charge < -0.3 is 15.4 Å². The first-order chi connectivity index (χ1) is 10.8. The zero-order chi connectivity index (χ0) is 16.9. The lowest BCUT2D eigenvalue weighted by molar-refractivity contribution is 0.0530. The Hall–Kier alpha value is -2.42. The second kappa shape index (κ2) is 7.23. The Kier molecular flexibility index (Phi) is 5.32. The summed E-state index contributed by atoms with van der Waals surface area (Å²) in [5.74, 6) is 0.596. The van der Waals surface area contributed by atoms with Gasteiger partial charge in [-0.15, -0.1) is 0 Å². The molecule has 0 unspecified atom stereocenters. The Morgan fingerprint density at radius 1 is 1.30 bits per heavy atom. The van der Waals surface area contributed by atoms with E-state index < -0.39 is 11.7 Å². The Morgan fingerprint density at radius 3 is 2.74 bits per heavy atom. The monoisotopic (exact) mass is 339 g/mol. The van der Waals surface area contributed by atoms with E-state index in [9.17, 15) is 4.79 Å². The van der Waals surface area contributed by atoms with Crippen LogP contribution < -0.4 is 10.6 Å². The molecule has 0 fully saturated rings. The van der Waals surface area contributed by atoms with Crippen molar-refractivity contribution in [1.29, 1.82) is 0 Å². The van der Waals surface area contributed by atoms with Gasteiger partial charge in [0.25, 0.3) is 5.95 Å². The van der Waals surface area contributed by atoms with Gasteiger partial charge in [-0.2, -0.15) is 20.1 Å². The van der Waals surface area contributed by atoms with Crippen LogP contribution in [0.3, 0.4) is 0 Å². The number of carbonyl (C=O) groups is 1. The molecule has 10 heteroatoms. The molecule has 0 aliphatic carbocycles. The van der Waals surface area contributed by atoms with Gasteiger partial charge in [-0.25, -0.2) is 9.48 Å². The molecule has 23 heavy (non-hydrogen) atoms. The third-order valence-corrected chi connectivity index (χ3v) is 2.55. The SMILES string of the molecule is CC(C)(C)OC(=O)NCCNc1nc(Cl)nc(-n2cccn2)n1. The number of ether oxygens (including phenoxy) is 1. The van der Waals surface area contributed by atoms with Crippen molar-refractivity contribution >= 4 is 23.6 Å². The van der Waals surface area contributed by atoms with Crippen LogP contribution in [0.5, 0.6) is 0 Å². The van der Waals surface area contributed by atoms with Crippen LogP contribution in [-0.4, -0.2) is 49.5 Å². The molecule has 2 rings (SSSR count). The summed E-state index contributed by atoms with van der Waals surface area (Å²) in [5.41, 5.74) is -0.530. The highest BCUT2D eigenvalue weighted by atomic mass is 35.5. The molecule has 0 bridgehead atoms. The highest BCUT2D eigenvalue weighted by molar-refractivity contribution is 6.28. The first kappa shape index (κ1) is 16.9. The van der Waals surface area contributed by atoms with Gasteiger partial charge in [0.2, 0.25) is 11.2 Å². The van der Waals surface area contributed by atoms with Gasteiger partial charge in [0.05, 0.1) is 0 Å². The molecule has 124 valence electrons. The summed E-state index contributed by atoms with van der Waals surface area (Å²) in [6, 6.07) is 1.75. The Balaban J connectivity index is 1.86. The fraction of sp³-hybridized carbons (Fsp3) is 0.462. The first-order valence-electron chi connectivity index (χ1n) is 6.96. The molecule has 0 atom stereocenters. The van der Waals surface area contributed by atoms with Crippen LogP contribution in [0.4, 0.5) is 10.7 Å². The average molecular weight is 340 g/mol. The van der Waals surface area contributed by atoms with E-state index in [2.05, 4.69) is 30.7 Å². The normalized spacial score (nSPS) is 11.1. The number of hydrogen-bond acceptors (Lipinski definition) is 7. The number of rotatable bonds is 5. The maximum absolute atomic E-state index is 11.5. The van der Waals surface area contributed by atoms with Gasteiger partial charge >= 0.3 is 6.09 Å². The molecule has 2 aromatic heterocycles. The lowest BCUT2D eigenvalue weighted by Crippen LogP contribution is -2.35. The number of anilines is 1. The van der Waals surface area contributed by atoms with Gasteiger partial charge in [-0.05, 0) is 38.4 Å². The van der Waals surface area contributed by atoms with Crippen LogP contribution in [0.2, 0.25) is 5.28 Å². The maximum atomic E-state index is 11.5. The smallest absolute Gasteiger partial charge is 0.407 e. The molecule has 1 amide bonds. The van der Waals surface area contributed by atoms with Gasteiger partial charge in [0.15, 0.2) is 0 Å². The number of nitrogens with one attached hydrogen (secondary N) is 2. The van der Waals surface area contributed by atoms with Crippen LogP contribution in [0.25, 0.3) is 5.95 Å². The Labute approximate surface area is 138 Å². The number of alkyl carbamates (subject to hydrolysis) is 1. The zero-order valence-corrected chi connectivity index (χ0v) is 13.8. The quantitative estimate of drug-likeness (QED) is 0.797. The molecule has 0 saturated carbocycles. The minimum absolute atomic E-state index is 0.0492. The van der Waals surface area contributed by atoms with E-state index in [0.29, 0.717) is 25.0 Å². The van der Waals surface area contributed by atoms with Crippen molar-refractivity contribution in [3.63, 3.8) is 0 Å². The van der Waals surface area contributed by atoms with E-state index in [1.165, 1.54) is 4.68 Å². The molecule has 2 heterocycles. The predicted molar refractivity (Wildman–Crippen MR) is 84.7 cm³/mol. The molecule has 0 aromatic carbocycles. The van der Waals surface area contributed by atoms with Crippen molar-refractivity contribution in [2.75, 3.05) is 18.4 Å². The van der Waals surface area contributed by atoms with E-state index in [1.807, 2.05) is 0 Å². The Morgan fingerprint density at radius 2 is 2.09 bits per heavy atom. The fourth-order valence-electron chi connectivity index (χ4n) is 1.56. The van der Waals surface area contributed by atoms with Gasteiger partial charge in [0, 0.05) is 25.5 Å². The lowest BCUT2D eigenvalue weighted by atomic mass is 10.2. The summed E-state index contributed by atoms with van der Waals surface area (Å²) >= 11 is 5.87. The molecule has 0 spiro atoms. The lowest BCUT2D eigenvalue weighted by Gasteiger charge is -2.19. The van der Waals surface area contributed by atoms with Crippen LogP contribution >= 0.6 is 11.6 Å². The van der Waals surface area contributed by atoms with Crippen molar-refractivity contribution in [3.8, 4) is 5.95 Å². The summed E-state index contributed by atoms with van der Waals surface area (Å²) in [5, 5.41) is 9.64. The Bertz CT molecular complexity index is 655. The summed E-state index contributed by atoms with van der Waals surface area (Å²) in [6.07, 6.45) is 2.82. The minimum Gasteiger partial charge on any atom is -0.444 e. The highest BCUT2D eigenvalue weighted by Crippen LogP contribution is 2.09. The highest BCUT2D eigenvalue weighted by Gasteiger charge is 2.15. The summed E-state index contributed by atoms with van der Waals surface area (Å²) in [7, 11) is 0. The third kappa shape index (κ3) is 5.70. The summed E-state index contributed by atoms with van der Waals surface area (Å²) < 4.78 is 6.60. The second-order valence-electron chi connectivity index (χ2n) is 5.53. The average Bonchev–Trinajstić information content (AvgIpc) is 2.95. The summed E-state index contributed by atoms with van der Waals surface area (Å²) in [4.78, 5) is 23.6. The number of hydrogen-bond donors (Lipinski definition) is 2. The topological polar surface area (TPSA) is 107 Å². The van der Waals surface area contributed by atoms with Crippen molar-refractivity contribution in [3.05, 3.63) is 23.7 Å². The fourth-order valence-corrected chi connectivity index (χ4v) is 1.72. The van der Waals surface area contributed by atoms with Crippen LogP contribution in [0.1, 0.15) is 20.8 Å². The van der Waals surface area contributed by atoms with Crippen molar-refractivity contribution < 1.29 is 9.53 Å². The maximum Gasteiger partial charge on any atom is 0.407 e. The second-order valence-corrected chi connectivity index (χ2v) is 5.87. The van der Waals surface area contributed by atoms with Crippen LogP contribution in [0, 0.1) is 0 Å². The van der Waals surface area contributed by atoms with Crippen molar-refractivity contribution in [2.24, 2.45) is 0 Å². The number of amides is 1. The van der Waals surface area contributed by atoms with E-state index >= 15 is 0 Å². The van der Waals surface area contributed by atoms with Crippen molar-refractivity contribution in [1.82, 2.24) is 30.0 Å². The molecular formula is C13H18ClN7O2. The number of aromatic nitrogens is 5. The number of carbonyl (C=O) groups excluding carboxylic acids is 1. The molecule has 0 aliphatic heterocycles. The van der Waals surface area contributed by atoms with E-state index in [4.69, 9.17) is 16.3 Å². The van der Waals surface area contributed by atoms with Crippen molar-refractivity contribution in [2.45, 2.75) is 26.4 Å². The molecule has 9 nitrogen and oxygen atoms in total.